The Bertz CT molecular complexity index is 536. The van der Waals surface area contributed by atoms with E-state index in [1.54, 1.807) is 13.8 Å². The smallest absolute Gasteiger partial charge is 0.410 e. The van der Waals surface area contributed by atoms with Crippen LogP contribution in [0.4, 0.5) is 9.18 Å². The fourth-order valence-electron chi connectivity index (χ4n) is 2.88. The van der Waals surface area contributed by atoms with Gasteiger partial charge in [-0.25, -0.2) is 9.18 Å². The topological polar surface area (TPSA) is 48.0 Å². The van der Waals surface area contributed by atoms with Gasteiger partial charge in [-0.05, 0) is 19.4 Å². The highest BCUT2D eigenvalue weighted by molar-refractivity contribution is 5.68. The molecule has 120 valence electrons. The van der Waals surface area contributed by atoms with Gasteiger partial charge in [0.25, 0.3) is 0 Å². The normalized spacial score (nSPS) is 30.0. The number of rotatable bonds is 2. The van der Waals surface area contributed by atoms with E-state index in [2.05, 4.69) is 0 Å². The quantitative estimate of drug-likeness (QED) is 0.842. The number of fused-ring (bicyclic) bond motifs is 1. The Balaban J connectivity index is 1.58. The number of nitrogens with zero attached hydrogens (tertiary/aromatic N) is 1. The summed E-state index contributed by atoms with van der Waals surface area (Å²) in [6.45, 7) is 3.91. The van der Waals surface area contributed by atoms with Crippen LogP contribution in [0.15, 0.2) is 30.3 Å². The Labute approximate surface area is 128 Å². The highest BCUT2D eigenvalue weighted by atomic mass is 19.1. The zero-order valence-corrected chi connectivity index (χ0v) is 12.7. The SMILES string of the molecule is CC1(C)O[C@@H]2[C@H](F)CN(C(=O)OCc3ccccc3)C[C@@H]2O1. The lowest BCUT2D eigenvalue weighted by molar-refractivity contribution is -0.148. The minimum atomic E-state index is -1.27. The van der Waals surface area contributed by atoms with E-state index in [0.717, 1.165) is 5.56 Å². The van der Waals surface area contributed by atoms with Gasteiger partial charge in [-0.3, -0.25) is 0 Å². The molecule has 2 aliphatic rings. The van der Waals surface area contributed by atoms with Crippen molar-refractivity contribution in [1.82, 2.24) is 4.90 Å². The van der Waals surface area contributed by atoms with Crippen molar-refractivity contribution in [1.29, 1.82) is 0 Å². The van der Waals surface area contributed by atoms with Crippen LogP contribution in [-0.4, -0.2) is 48.2 Å². The van der Waals surface area contributed by atoms with Crippen LogP contribution >= 0.6 is 0 Å². The van der Waals surface area contributed by atoms with Crippen molar-refractivity contribution in [3.63, 3.8) is 0 Å². The minimum Gasteiger partial charge on any atom is -0.445 e. The highest BCUT2D eigenvalue weighted by Gasteiger charge is 2.50. The van der Waals surface area contributed by atoms with Gasteiger partial charge < -0.3 is 19.1 Å². The molecule has 5 nitrogen and oxygen atoms in total. The third kappa shape index (κ3) is 3.23. The lowest BCUT2D eigenvalue weighted by atomic mass is 10.0. The van der Waals surface area contributed by atoms with Crippen molar-refractivity contribution in [2.75, 3.05) is 13.1 Å². The molecule has 3 rings (SSSR count). The summed E-state index contributed by atoms with van der Waals surface area (Å²) in [4.78, 5) is 13.5. The predicted octanol–water partition coefficient (Wildman–Crippen LogP) is 2.50. The van der Waals surface area contributed by atoms with E-state index in [9.17, 15) is 9.18 Å². The molecule has 2 saturated heterocycles. The summed E-state index contributed by atoms with van der Waals surface area (Å²) in [5.74, 6) is -0.816. The van der Waals surface area contributed by atoms with Gasteiger partial charge in [0.1, 0.15) is 25.0 Å². The zero-order chi connectivity index (χ0) is 15.7. The summed E-state index contributed by atoms with van der Waals surface area (Å²) >= 11 is 0. The molecule has 1 aromatic carbocycles. The fourth-order valence-corrected chi connectivity index (χ4v) is 2.88. The number of likely N-dealkylation sites (tertiary alicyclic amines) is 1. The molecule has 0 saturated carbocycles. The van der Waals surface area contributed by atoms with Crippen molar-refractivity contribution in [2.45, 2.75) is 44.6 Å². The molecule has 0 spiro atoms. The Morgan fingerprint density at radius 3 is 2.77 bits per heavy atom. The largest absolute Gasteiger partial charge is 0.445 e. The maximum absolute atomic E-state index is 14.2. The minimum absolute atomic E-state index is 0.0335. The third-order valence-corrected chi connectivity index (χ3v) is 3.84. The van der Waals surface area contributed by atoms with Gasteiger partial charge in [0.15, 0.2) is 5.79 Å². The van der Waals surface area contributed by atoms with Crippen molar-refractivity contribution in [3.05, 3.63) is 35.9 Å². The Morgan fingerprint density at radius 1 is 1.32 bits per heavy atom. The van der Waals surface area contributed by atoms with Crippen LogP contribution in [0.25, 0.3) is 0 Å². The van der Waals surface area contributed by atoms with Gasteiger partial charge >= 0.3 is 6.09 Å². The summed E-state index contributed by atoms with van der Waals surface area (Å²) in [6, 6.07) is 9.38. The second-order valence-corrected chi connectivity index (χ2v) is 6.10. The van der Waals surface area contributed by atoms with Gasteiger partial charge in [-0.15, -0.1) is 0 Å². The van der Waals surface area contributed by atoms with E-state index in [1.807, 2.05) is 30.3 Å². The van der Waals surface area contributed by atoms with E-state index in [0.29, 0.717) is 0 Å². The number of carbonyl (C=O) groups is 1. The molecule has 0 aliphatic carbocycles. The van der Waals surface area contributed by atoms with Crippen LogP contribution in [0.3, 0.4) is 0 Å². The number of piperidine rings is 1. The van der Waals surface area contributed by atoms with Crippen LogP contribution in [0.1, 0.15) is 19.4 Å². The van der Waals surface area contributed by atoms with Crippen LogP contribution in [0.5, 0.6) is 0 Å². The van der Waals surface area contributed by atoms with E-state index in [4.69, 9.17) is 14.2 Å². The van der Waals surface area contributed by atoms with E-state index in [1.165, 1.54) is 4.90 Å². The molecule has 2 fully saturated rings. The van der Waals surface area contributed by atoms with Gasteiger partial charge in [0, 0.05) is 0 Å². The van der Waals surface area contributed by atoms with E-state index < -0.39 is 30.3 Å². The maximum Gasteiger partial charge on any atom is 0.410 e. The first-order chi connectivity index (χ1) is 10.4. The average Bonchev–Trinajstić information content (AvgIpc) is 2.80. The molecule has 6 heteroatoms. The van der Waals surface area contributed by atoms with Gasteiger partial charge in [0.2, 0.25) is 0 Å². The highest BCUT2D eigenvalue weighted by Crippen LogP contribution is 2.34. The molecule has 0 radical (unpaired) electrons. The molecule has 22 heavy (non-hydrogen) atoms. The van der Waals surface area contributed by atoms with Crippen LogP contribution in [0.2, 0.25) is 0 Å². The summed E-state index contributed by atoms with van der Waals surface area (Å²) in [6.07, 6.45) is -2.88. The van der Waals surface area contributed by atoms with Crippen LogP contribution in [-0.2, 0) is 20.8 Å². The molecule has 0 aromatic heterocycles. The first-order valence-corrected chi connectivity index (χ1v) is 7.40. The first-order valence-electron chi connectivity index (χ1n) is 7.40. The third-order valence-electron chi connectivity index (χ3n) is 3.84. The van der Waals surface area contributed by atoms with Gasteiger partial charge in [-0.1, -0.05) is 30.3 Å². The first kappa shape index (κ1) is 15.2. The molecule has 0 unspecified atom stereocenters. The Morgan fingerprint density at radius 2 is 2.05 bits per heavy atom. The van der Waals surface area contributed by atoms with Crippen molar-refractivity contribution in [3.8, 4) is 0 Å². The monoisotopic (exact) mass is 309 g/mol. The van der Waals surface area contributed by atoms with Gasteiger partial charge in [0.05, 0.1) is 13.1 Å². The Kier molecular flexibility index (Phi) is 4.06. The predicted molar refractivity (Wildman–Crippen MR) is 76.9 cm³/mol. The molecule has 2 aliphatic heterocycles. The second-order valence-electron chi connectivity index (χ2n) is 6.10. The van der Waals surface area contributed by atoms with Crippen molar-refractivity contribution < 1.29 is 23.4 Å². The number of ether oxygens (including phenoxy) is 3. The summed E-state index contributed by atoms with van der Waals surface area (Å²) in [7, 11) is 0. The van der Waals surface area contributed by atoms with Crippen molar-refractivity contribution in [2.24, 2.45) is 0 Å². The molecule has 1 aromatic rings. The number of benzene rings is 1. The Hall–Kier alpha value is -1.66. The number of halogens is 1. The lowest BCUT2D eigenvalue weighted by Crippen LogP contribution is -2.54. The lowest BCUT2D eigenvalue weighted by Gasteiger charge is -2.34. The number of alkyl halides is 1. The number of amides is 1. The number of carbonyl (C=O) groups excluding carboxylic acids is 1. The van der Waals surface area contributed by atoms with Crippen LogP contribution < -0.4 is 0 Å². The summed E-state index contributed by atoms with van der Waals surface area (Å²) in [5, 5.41) is 0. The molecular formula is C16H20FNO4. The maximum atomic E-state index is 14.2. The summed E-state index contributed by atoms with van der Waals surface area (Å²) < 4.78 is 30.6. The van der Waals surface area contributed by atoms with Gasteiger partial charge in [-0.2, -0.15) is 0 Å². The fraction of sp³-hybridized carbons (Fsp3) is 0.562. The summed E-state index contributed by atoms with van der Waals surface area (Å²) in [5.41, 5.74) is 0.893. The average molecular weight is 309 g/mol. The number of hydrogen-bond donors (Lipinski definition) is 0. The molecular weight excluding hydrogens is 289 g/mol. The molecule has 2 heterocycles. The zero-order valence-electron chi connectivity index (χ0n) is 12.7. The standard InChI is InChI=1S/C16H20FNO4/c1-16(2)21-13-9-18(8-12(17)14(13)22-16)15(19)20-10-11-6-4-3-5-7-11/h3-7,12-14H,8-10H2,1-2H3/t12-,13+,14-/m1/s1. The van der Waals surface area contributed by atoms with E-state index in [-0.39, 0.29) is 19.7 Å². The second kappa shape index (κ2) is 5.85. The number of hydrogen-bond acceptors (Lipinski definition) is 4. The molecule has 1 amide bonds. The molecule has 3 atom stereocenters. The van der Waals surface area contributed by atoms with E-state index >= 15 is 0 Å². The molecule has 0 N–H and O–H groups in total. The van der Waals surface area contributed by atoms with Crippen molar-refractivity contribution >= 4 is 6.09 Å². The van der Waals surface area contributed by atoms with Crippen LogP contribution in [0, 0.1) is 0 Å². The molecule has 0 bridgehead atoms.